The predicted octanol–water partition coefficient (Wildman–Crippen LogP) is 7.09. The highest BCUT2D eigenvalue weighted by Gasteiger charge is 2.23. The van der Waals surface area contributed by atoms with Crippen LogP contribution in [0.4, 0.5) is 0 Å². The number of phosphoric ester groups is 1. The maximum Gasteiger partial charge on any atom is 0.469 e. The van der Waals surface area contributed by atoms with E-state index in [9.17, 15) is 29.5 Å². The molecule has 0 radical (unpaired) electrons. The molecule has 0 rings (SSSR count). The molecule has 0 saturated carbocycles. The number of esters is 2. The molecule has 5 N–H and O–H groups in total. The predicted molar refractivity (Wildman–Crippen MR) is 192 cm³/mol. The van der Waals surface area contributed by atoms with Gasteiger partial charge in [-0.25, -0.2) is 4.57 Å². The number of rotatable bonds is 31. The molecule has 0 heterocycles. The minimum Gasteiger partial charge on any atom is -0.462 e. The third kappa shape index (κ3) is 32.6. The number of unbranched alkanes of at least 4 members (excludes halogenated alkanes) is 9. The summed E-state index contributed by atoms with van der Waals surface area (Å²) in [7, 11) is -4.85. The minimum absolute atomic E-state index is 0.0872. The van der Waals surface area contributed by atoms with Crippen LogP contribution in [-0.4, -0.2) is 74.7 Å². The van der Waals surface area contributed by atoms with Crippen molar-refractivity contribution >= 4 is 19.8 Å². The van der Waals surface area contributed by atoms with E-state index in [4.69, 9.17) is 19.3 Å². The van der Waals surface area contributed by atoms with Gasteiger partial charge in [0.2, 0.25) is 0 Å². The molecule has 0 aromatic carbocycles. The molecule has 0 aromatic heterocycles. The van der Waals surface area contributed by atoms with Gasteiger partial charge in [-0.1, -0.05) is 126 Å². The maximum absolute atomic E-state index is 12.4. The fraction of sp³-hybridized carbons (Fsp3) is 0.676. The Bertz CT molecular complexity index is 1030. The van der Waals surface area contributed by atoms with E-state index in [2.05, 4.69) is 30.5 Å². The molecule has 0 bridgehead atoms. The molecule has 4 atom stereocenters. The summed E-state index contributed by atoms with van der Waals surface area (Å²) in [4.78, 5) is 42.6. The third-order valence-corrected chi connectivity index (χ3v) is 7.86. The minimum atomic E-state index is -4.85. The van der Waals surface area contributed by atoms with E-state index in [-0.39, 0.29) is 25.7 Å². The molecule has 0 amide bonds. The molecule has 0 fully saturated rings. The van der Waals surface area contributed by atoms with Gasteiger partial charge in [0.05, 0.1) is 24.9 Å². The molecule has 0 spiro atoms. The van der Waals surface area contributed by atoms with Gasteiger partial charge in [-0.2, -0.15) is 0 Å². The van der Waals surface area contributed by atoms with Gasteiger partial charge >= 0.3 is 19.8 Å². The summed E-state index contributed by atoms with van der Waals surface area (Å²) in [6, 6.07) is 0. The van der Waals surface area contributed by atoms with Crippen LogP contribution in [0.25, 0.3) is 0 Å². The van der Waals surface area contributed by atoms with E-state index in [1.165, 1.54) is 18.9 Å². The van der Waals surface area contributed by atoms with Crippen LogP contribution < -0.4 is 0 Å². The topological polar surface area (TPSA) is 180 Å². The number of ether oxygens (including phenoxy) is 2. The zero-order valence-electron chi connectivity index (χ0n) is 29.7. The standard InChI is InChI=1S/C37H63O11P/c1-3-5-7-8-9-10-11-12-13-18-22-28-36(41)46-30-33(31-47-49(43,44)45)48-37(42)29-23-27-35(40)34(39)26-21-17-15-14-16-20-25-32(38)24-19-6-4-2/h8-9,14-17,20-21,25-26,32-35,38-40H,3-7,10-13,18-19,22-24,27-31H2,1-2H3,(H2,43,44,45)/b9-8-,16-14-,17-15+,25-20+,26-21+/t32-,33+,34-,35-/m0/s1. The number of aliphatic hydroxyl groups excluding tert-OH is 3. The van der Waals surface area contributed by atoms with E-state index in [1.54, 1.807) is 42.5 Å². The van der Waals surface area contributed by atoms with Crippen LogP contribution in [0.5, 0.6) is 0 Å². The van der Waals surface area contributed by atoms with Gasteiger partial charge < -0.3 is 34.6 Å². The Morgan fingerprint density at radius 1 is 0.653 bits per heavy atom. The number of hydrogen-bond donors (Lipinski definition) is 5. The summed E-state index contributed by atoms with van der Waals surface area (Å²) in [6.07, 6.45) is 27.5. The molecule has 0 aliphatic rings. The van der Waals surface area contributed by atoms with Gasteiger partial charge in [-0.3, -0.25) is 14.1 Å². The van der Waals surface area contributed by atoms with Crippen LogP contribution >= 0.6 is 7.82 Å². The zero-order chi connectivity index (χ0) is 36.6. The third-order valence-electron chi connectivity index (χ3n) is 7.38. The lowest BCUT2D eigenvalue weighted by Crippen LogP contribution is -2.29. The quantitative estimate of drug-likeness (QED) is 0.0163. The highest BCUT2D eigenvalue weighted by atomic mass is 31.2. The van der Waals surface area contributed by atoms with Crippen molar-refractivity contribution in [3.8, 4) is 0 Å². The summed E-state index contributed by atoms with van der Waals surface area (Å²) < 4.78 is 26.0. The van der Waals surface area contributed by atoms with Crippen LogP contribution in [0.2, 0.25) is 0 Å². The molecular weight excluding hydrogens is 651 g/mol. The molecule has 0 aliphatic heterocycles. The van der Waals surface area contributed by atoms with Gasteiger partial charge in [-0.15, -0.1) is 0 Å². The van der Waals surface area contributed by atoms with E-state index < -0.39 is 57.4 Å². The Balaban J connectivity index is 4.41. The zero-order valence-corrected chi connectivity index (χ0v) is 30.5. The Kier molecular flexibility index (Phi) is 30.1. The van der Waals surface area contributed by atoms with Gasteiger partial charge in [-0.05, 0) is 44.9 Å². The van der Waals surface area contributed by atoms with Crippen LogP contribution in [0.1, 0.15) is 123 Å². The Morgan fingerprint density at radius 2 is 1.24 bits per heavy atom. The van der Waals surface area contributed by atoms with Crippen molar-refractivity contribution in [1.82, 2.24) is 0 Å². The molecule has 11 nitrogen and oxygen atoms in total. The van der Waals surface area contributed by atoms with Crippen molar-refractivity contribution < 1.29 is 53.3 Å². The second kappa shape index (κ2) is 31.6. The van der Waals surface area contributed by atoms with Gasteiger partial charge in [0.25, 0.3) is 0 Å². The fourth-order valence-electron chi connectivity index (χ4n) is 4.50. The van der Waals surface area contributed by atoms with Crippen LogP contribution in [-0.2, 0) is 28.2 Å². The summed E-state index contributed by atoms with van der Waals surface area (Å²) in [5, 5.41) is 30.2. The van der Waals surface area contributed by atoms with Crippen LogP contribution in [0.3, 0.4) is 0 Å². The molecule has 0 aromatic rings. The number of carbonyl (C=O) groups excluding carboxylic acids is 2. The van der Waals surface area contributed by atoms with Crippen molar-refractivity contribution in [3.05, 3.63) is 60.8 Å². The molecule has 0 saturated heterocycles. The number of carbonyl (C=O) groups is 2. The van der Waals surface area contributed by atoms with Gasteiger partial charge in [0, 0.05) is 12.8 Å². The highest BCUT2D eigenvalue weighted by molar-refractivity contribution is 7.46. The molecule has 49 heavy (non-hydrogen) atoms. The van der Waals surface area contributed by atoms with Crippen molar-refractivity contribution in [3.63, 3.8) is 0 Å². The molecule has 0 unspecified atom stereocenters. The lowest BCUT2D eigenvalue weighted by Gasteiger charge is -2.19. The van der Waals surface area contributed by atoms with Gasteiger partial charge in [0.1, 0.15) is 6.61 Å². The number of hydrogen-bond acceptors (Lipinski definition) is 9. The second-order valence-corrected chi connectivity index (χ2v) is 13.3. The summed E-state index contributed by atoms with van der Waals surface area (Å²) in [5.74, 6) is -1.23. The van der Waals surface area contributed by atoms with Crippen molar-refractivity contribution in [2.45, 2.75) is 147 Å². The average molecular weight is 715 g/mol. The smallest absolute Gasteiger partial charge is 0.462 e. The van der Waals surface area contributed by atoms with E-state index in [1.807, 2.05) is 0 Å². The monoisotopic (exact) mass is 714 g/mol. The maximum atomic E-state index is 12.4. The number of allylic oxidation sites excluding steroid dienone is 8. The largest absolute Gasteiger partial charge is 0.469 e. The first kappa shape index (κ1) is 46.6. The van der Waals surface area contributed by atoms with Crippen LogP contribution in [0.15, 0.2) is 60.8 Å². The highest BCUT2D eigenvalue weighted by Crippen LogP contribution is 2.36. The first-order valence-electron chi connectivity index (χ1n) is 17.9. The first-order valence-corrected chi connectivity index (χ1v) is 19.4. The van der Waals surface area contributed by atoms with Crippen LogP contribution in [0, 0.1) is 0 Å². The normalized spacial score (nSPS) is 15.2. The molecule has 282 valence electrons. The van der Waals surface area contributed by atoms with Gasteiger partial charge in [0.15, 0.2) is 6.10 Å². The van der Waals surface area contributed by atoms with E-state index in [0.717, 1.165) is 64.2 Å². The number of aliphatic hydroxyl groups is 3. The molecule has 0 aliphatic carbocycles. The van der Waals surface area contributed by atoms with Crippen molar-refractivity contribution in [2.24, 2.45) is 0 Å². The van der Waals surface area contributed by atoms with Crippen molar-refractivity contribution in [1.29, 1.82) is 0 Å². The van der Waals surface area contributed by atoms with E-state index >= 15 is 0 Å². The average Bonchev–Trinajstić information content (AvgIpc) is 3.05. The Labute approximate surface area is 294 Å². The molecule has 12 heteroatoms. The lowest BCUT2D eigenvalue weighted by atomic mass is 10.1. The summed E-state index contributed by atoms with van der Waals surface area (Å²) in [5.41, 5.74) is 0. The Morgan fingerprint density at radius 3 is 1.92 bits per heavy atom. The number of phosphoric acid groups is 1. The van der Waals surface area contributed by atoms with Crippen molar-refractivity contribution in [2.75, 3.05) is 13.2 Å². The lowest BCUT2D eigenvalue weighted by molar-refractivity contribution is -0.161. The summed E-state index contributed by atoms with van der Waals surface area (Å²) in [6.45, 7) is 3.21. The summed E-state index contributed by atoms with van der Waals surface area (Å²) >= 11 is 0. The SMILES string of the molecule is CCCC/C=C\CCCCCCCC(=O)OC[C@H](COP(=O)(O)O)OC(=O)CCC[C@H](O)[C@@H](O)/C=C/C=C/C=C\C=C\[C@@H](O)CCCCC. The second-order valence-electron chi connectivity index (χ2n) is 12.1. The first-order chi connectivity index (χ1) is 23.5. The fourth-order valence-corrected chi connectivity index (χ4v) is 4.86. The molecular formula is C37H63O11P. The Hall–Kier alpha value is -2.37. The van der Waals surface area contributed by atoms with E-state index in [0.29, 0.717) is 6.42 Å².